The molecule has 0 spiro atoms. The summed E-state index contributed by atoms with van der Waals surface area (Å²) in [6.07, 6.45) is 0.951. The minimum absolute atomic E-state index is 0.0896. The molecule has 10 heteroatoms. The standard InChI is InChI=1S/C24H28N4O4S2/c1-19-8-11-22(12-9-19)34(31,32)26-23-13-10-20(28-16-5-14-25-15-17-28)18-24(23)27-33(29,30)21-6-3-2-4-7-21/h2-4,6-13,18,25-27H,5,14-17H2,1H3. The van der Waals surface area contributed by atoms with Gasteiger partial charge < -0.3 is 10.2 Å². The van der Waals surface area contributed by atoms with Crippen LogP contribution in [0, 0.1) is 6.92 Å². The molecule has 0 radical (unpaired) electrons. The van der Waals surface area contributed by atoms with Crippen LogP contribution in [0.25, 0.3) is 0 Å². The molecule has 8 nitrogen and oxygen atoms in total. The minimum Gasteiger partial charge on any atom is -0.370 e. The van der Waals surface area contributed by atoms with Crippen molar-refractivity contribution in [2.75, 3.05) is 40.5 Å². The van der Waals surface area contributed by atoms with Crippen molar-refractivity contribution in [2.45, 2.75) is 23.1 Å². The lowest BCUT2D eigenvalue weighted by Crippen LogP contribution is -2.28. The Kier molecular flexibility index (Phi) is 7.11. The maximum Gasteiger partial charge on any atom is 0.261 e. The zero-order valence-electron chi connectivity index (χ0n) is 18.9. The zero-order valence-corrected chi connectivity index (χ0v) is 20.5. The van der Waals surface area contributed by atoms with Gasteiger partial charge in [0.2, 0.25) is 0 Å². The molecule has 0 bridgehead atoms. The van der Waals surface area contributed by atoms with Crippen LogP contribution in [-0.4, -0.2) is 43.0 Å². The Morgan fingerprint density at radius 1 is 0.735 bits per heavy atom. The number of nitrogens with zero attached hydrogens (tertiary/aromatic N) is 1. The van der Waals surface area contributed by atoms with E-state index in [-0.39, 0.29) is 21.2 Å². The van der Waals surface area contributed by atoms with Crippen LogP contribution in [0.1, 0.15) is 12.0 Å². The molecule has 1 aliphatic heterocycles. The predicted octanol–water partition coefficient (Wildman–Crippen LogP) is 3.40. The van der Waals surface area contributed by atoms with E-state index in [0.29, 0.717) is 0 Å². The van der Waals surface area contributed by atoms with Crippen molar-refractivity contribution in [3.63, 3.8) is 0 Å². The average molecular weight is 501 g/mol. The molecule has 180 valence electrons. The molecule has 4 rings (SSSR count). The van der Waals surface area contributed by atoms with Gasteiger partial charge in [-0.2, -0.15) is 0 Å². The largest absolute Gasteiger partial charge is 0.370 e. The van der Waals surface area contributed by atoms with Crippen molar-refractivity contribution >= 4 is 37.1 Å². The molecule has 0 aromatic heterocycles. The fourth-order valence-corrected chi connectivity index (χ4v) is 5.90. The summed E-state index contributed by atoms with van der Waals surface area (Å²) in [5.74, 6) is 0. The summed E-state index contributed by atoms with van der Waals surface area (Å²) in [5.41, 5.74) is 2.06. The summed E-state index contributed by atoms with van der Waals surface area (Å²) < 4.78 is 57.3. The second kappa shape index (κ2) is 10.0. The Balaban J connectivity index is 1.72. The van der Waals surface area contributed by atoms with E-state index in [4.69, 9.17) is 0 Å². The van der Waals surface area contributed by atoms with Crippen LogP contribution in [0.15, 0.2) is 82.6 Å². The van der Waals surface area contributed by atoms with Crippen molar-refractivity contribution in [1.82, 2.24) is 5.32 Å². The molecule has 3 N–H and O–H groups in total. The Labute approximate surface area is 201 Å². The number of benzene rings is 3. The third kappa shape index (κ3) is 5.69. The molecule has 0 unspecified atom stereocenters. The third-order valence-electron chi connectivity index (χ3n) is 5.58. The van der Waals surface area contributed by atoms with Crippen LogP contribution in [0.5, 0.6) is 0 Å². The highest BCUT2D eigenvalue weighted by atomic mass is 32.2. The topological polar surface area (TPSA) is 108 Å². The highest BCUT2D eigenvalue weighted by Gasteiger charge is 2.21. The fourth-order valence-electron chi connectivity index (χ4n) is 3.73. The van der Waals surface area contributed by atoms with Gasteiger partial charge in [0.25, 0.3) is 20.0 Å². The quantitative estimate of drug-likeness (QED) is 0.459. The van der Waals surface area contributed by atoms with Gasteiger partial charge in [-0.1, -0.05) is 35.9 Å². The van der Waals surface area contributed by atoms with E-state index >= 15 is 0 Å². The fraction of sp³-hybridized carbons (Fsp3) is 0.250. The zero-order chi connectivity index (χ0) is 24.2. The Hall–Kier alpha value is -3.08. The van der Waals surface area contributed by atoms with E-state index in [2.05, 4.69) is 19.7 Å². The Morgan fingerprint density at radius 3 is 2.09 bits per heavy atom. The Bertz CT molecular complexity index is 1340. The molecule has 3 aromatic carbocycles. The van der Waals surface area contributed by atoms with Gasteiger partial charge in [0.15, 0.2) is 0 Å². The number of nitrogens with one attached hydrogen (secondary N) is 3. The highest BCUT2D eigenvalue weighted by Crippen LogP contribution is 2.32. The van der Waals surface area contributed by atoms with Crippen LogP contribution in [0.3, 0.4) is 0 Å². The number of sulfonamides is 2. The highest BCUT2D eigenvalue weighted by molar-refractivity contribution is 7.93. The van der Waals surface area contributed by atoms with Gasteiger partial charge in [0, 0.05) is 25.3 Å². The average Bonchev–Trinajstić information content (AvgIpc) is 3.10. The minimum atomic E-state index is -3.93. The first-order valence-corrected chi connectivity index (χ1v) is 14.0. The van der Waals surface area contributed by atoms with Gasteiger partial charge in [0.05, 0.1) is 21.2 Å². The molecule has 1 heterocycles. The molecule has 1 fully saturated rings. The van der Waals surface area contributed by atoms with Gasteiger partial charge in [0.1, 0.15) is 0 Å². The molecule has 1 saturated heterocycles. The van der Waals surface area contributed by atoms with Crippen molar-refractivity contribution in [2.24, 2.45) is 0 Å². The van der Waals surface area contributed by atoms with Gasteiger partial charge in [-0.3, -0.25) is 9.44 Å². The van der Waals surface area contributed by atoms with Gasteiger partial charge >= 0.3 is 0 Å². The molecule has 1 aliphatic rings. The summed E-state index contributed by atoms with van der Waals surface area (Å²) in [6.45, 7) is 5.17. The Morgan fingerprint density at radius 2 is 1.38 bits per heavy atom. The van der Waals surface area contributed by atoms with E-state index in [1.54, 1.807) is 48.5 Å². The molecular weight excluding hydrogens is 472 g/mol. The summed E-state index contributed by atoms with van der Waals surface area (Å²) in [7, 11) is -7.86. The second-order valence-electron chi connectivity index (χ2n) is 8.16. The molecule has 3 aromatic rings. The summed E-state index contributed by atoms with van der Waals surface area (Å²) in [5, 5.41) is 3.34. The third-order valence-corrected chi connectivity index (χ3v) is 8.34. The number of hydrogen-bond acceptors (Lipinski definition) is 6. The van der Waals surface area contributed by atoms with Gasteiger partial charge in [-0.25, -0.2) is 16.8 Å². The van der Waals surface area contributed by atoms with E-state index < -0.39 is 20.0 Å². The molecule has 0 atom stereocenters. The first kappa shape index (κ1) is 24.1. The number of anilines is 3. The monoisotopic (exact) mass is 500 g/mol. The molecule has 0 amide bonds. The summed E-state index contributed by atoms with van der Waals surface area (Å²) in [6, 6.07) is 19.5. The number of aryl methyl sites for hydroxylation is 1. The van der Waals surface area contributed by atoms with Crippen molar-refractivity contribution in [1.29, 1.82) is 0 Å². The molecule has 0 saturated carbocycles. The normalized spacial score (nSPS) is 14.9. The first-order chi connectivity index (χ1) is 16.2. The van der Waals surface area contributed by atoms with Crippen LogP contribution in [0.2, 0.25) is 0 Å². The second-order valence-corrected chi connectivity index (χ2v) is 11.5. The maximum absolute atomic E-state index is 13.1. The first-order valence-electron chi connectivity index (χ1n) is 11.0. The molecular formula is C24H28N4O4S2. The van der Waals surface area contributed by atoms with E-state index in [1.165, 1.54) is 24.3 Å². The lowest BCUT2D eigenvalue weighted by molar-refractivity contribution is 0.599. The predicted molar refractivity (Wildman–Crippen MR) is 135 cm³/mol. The summed E-state index contributed by atoms with van der Waals surface area (Å²) in [4.78, 5) is 2.34. The SMILES string of the molecule is Cc1ccc(S(=O)(=O)Nc2ccc(N3CCCNCC3)cc2NS(=O)(=O)c2ccccc2)cc1. The number of hydrogen-bond donors (Lipinski definition) is 3. The van der Waals surface area contributed by atoms with Crippen molar-refractivity contribution < 1.29 is 16.8 Å². The van der Waals surface area contributed by atoms with E-state index in [9.17, 15) is 16.8 Å². The molecule has 0 aliphatic carbocycles. The van der Waals surface area contributed by atoms with Crippen LogP contribution >= 0.6 is 0 Å². The van der Waals surface area contributed by atoms with Crippen molar-refractivity contribution in [3.05, 3.63) is 78.4 Å². The summed E-state index contributed by atoms with van der Waals surface area (Å²) >= 11 is 0. The van der Waals surface area contributed by atoms with Gasteiger partial charge in [-0.05, 0) is 62.4 Å². The van der Waals surface area contributed by atoms with Crippen LogP contribution in [0.4, 0.5) is 17.1 Å². The lowest BCUT2D eigenvalue weighted by atomic mass is 10.2. The molecule has 34 heavy (non-hydrogen) atoms. The number of rotatable bonds is 7. The van der Waals surface area contributed by atoms with Crippen LogP contribution in [-0.2, 0) is 20.0 Å². The van der Waals surface area contributed by atoms with Crippen molar-refractivity contribution in [3.8, 4) is 0 Å². The lowest BCUT2D eigenvalue weighted by Gasteiger charge is -2.24. The van der Waals surface area contributed by atoms with Gasteiger partial charge in [-0.15, -0.1) is 0 Å². The van der Waals surface area contributed by atoms with E-state index in [0.717, 1.165) is 43.9 Å². The maximum atomic E-state index is 13.1. The smallest absolute Gasteiger partial charge is 0.261 e. The van der Waals surface area contributed by atoms with Crippen LogP contribution < -0.4 is 19.7 Å². The van der Waals surface area contributed by atoms with E-state index in [1.807, 2.05) is 6.92 Å².